The first-order valence-corrected chi connectivity index (χ1v) is 7.50. The fourth-order valence-corrected chi connectivity index (χ4v) is 2.56. The summed E-state index contributed by atoms with van der Waals surface area (Å²) in [6.07, 6.45) is 1.61. The Balaban J connectivity index is 1.69. The Morgan fingerprint density at radius 2 is 2.00 bits per heavy atom. The highest BCUT2D eigenvalue weighted by Crippen LogP contribution is 2.25. The second kappa shape index (κ2) is 6.15. The van der Waals surface area contributed by atoms with Crippen LogP contribution in [-0.4, -0.2) is 15.1 Å². The number of nitrogens with zero attached hydrogens (tertiary/aromatic N) is 3. The molecule has 7 heteroatoms. The van der Waals surface area contributed by atoms with Gasteiger partial charge in [0.2, 0.25) is 0 Å². The zero-order valence-electron chi connectivity index (χ0n) is 10.9. The lowest BCUT2D eigenvalue weighted by Gasteiger charge is -1.98. The maximum atomic E-state index is 5.85. The number of pyridine rings is 1. The van der Waals surface area contributed by atoms with Crippen molar-refractivity contribution in [3.63, 3.8) is 0 Å². The Bertz CT molecular complexity index is 745. The van der Waals surface area contributed by atoms with Crippen molar-refractivity contribution >= 4 is 29.2 Å². The molecule has 0 amide bonds. The van der Waals surface area contributed by atoms with Gasteiger partial charge in [-0.25, -0.2) is 4.98 Å². The lowest BCUT2D eigenvalue weighted by atomic mass is 10.2. The molecule has 0 atom stereocenters. The van der Waals surface area contributed by atoms with E-state index in [1.165, 1.54) is 0 Å². The van der Waals surface area contributed by atoms with Crippen molar-refractivity contribution in [2.24, 2.45) is 0 Å². The summed E-state index contributed by atoms with van der Waals surface area (Å²) in [4.78, 5) is 9.37. The van der Waals surface area contributed by atoms with Crippen LogP contribution >= 0.6 is 23.4 Å². The predicted molar refractivity (Wildman–Crippen MR) is 83.0 cm³/mol. The molecule has 0 unspecified atom stereocenters. The average molecular weight is 319 g/mol. The van der Waals surface area contributed by atoms with E-state index in [9.17, 15) is 0 Å². The van der Waals surface area contributed by atoms with Gasteiger partial charge in [-0.2, -0.15) is 4.98 Å². The van der Waals surface area contributed by atoms with Crippen molar-refractivity contribution in [3.8, 4) is 11.5 Å². The van der Waals surface area contributed by atoms with E-state index in [2.05, 4.69) is 15.1 Å². The standard InChI is InChI=1S/C14H11ClN4OS/c15-10-1-3-11(4-2-10)21-8-13-18-14(20-19-13)9-5-6-17-12(16)7-9/h1-7H,8H2,(H2,16,17). The second-order valence-electron chi connectivity index (χ2n) is 4.23. The lowest BCUT2D eigenvalue weighted by Crippen LogP contribution is -1.89. The molecule has 0 fully saturated rings. The Kier molecular flexibility index (Phi) is 4.08. The van der Waals surface area contributed by atoms with Gasteiger partial charge >= 0.3 is 0 Å². The van der Waals surface area contributed by atoms with Gasteiger partial charge in [-0.3, -0.25) is 0 Å². The van der Waals surface area contributed by atoms with Gasteiger partial charge in [-0.1, -0.05) is 16.8 Å². The van der Waals surface area contributed by atoms with E-state index in [-0.39, 0.29) is 0 Å². The van der Waals surface area contributed by atoms with E-state index in [4.69, 9.17) is 21.9 Å². The molecule has 0 bridgehead atoms. The molecule has 0 radical (unpaired) electrons. The molecule has 0 saturated heterocycles. The lowest BCUT2D eigenvalue weighted by molar-refractivity contribution is 0.425. The summed E-state index contributed by atoms with van der Waals surface area (Å²) in [6, 6.07) is 11.1. The average Bonchev–Trinajstić information content (AvgIpc) is 2.96. The Morgan fingerprint density at radius 3 is 2.76 bits per heavy atom. The summed E-state index contributed by atoms with van der Waals surface area (Å²) < 4.78 is 5.23. The fourth-order valence-electron chi connectivity index (χ4n) is 1.69. The van der Waals surface area contributed by atoms with Crippen LogP contribution in [0.2, 0.25) is 5.02 Å². The Morgan fingerprint density at radius 1 is 1.19 bits per heavy atom. The number of benzene rings is 1. The van der Waals surface area contributed by atoms with Crippen LogP contribution in [0.15, 0.2) is 52.0 Å². The zero-order valence-corrected chi connectivity index (χ0v) is 12.4. The number of thioether (sulfide) groups is 1. The van der Waals surface area contributed by atoms with Crippen LogP contribution in [0.25, 0.3) is 11.5 Å². The van der Waals surface area contributed by atoms with E-state index in [1.54, 1.807) is 30.1 Å². The third-order valence-corrected chi connectivity index (χ3v) is 3.94. The van der Waals surface area contributed by atoms with Gasteiger partial charge in [0.1, 0.15) is 5.82 Å². The summed E-state index contributed by atoms with van der Waals surface area (Å²) in [5, 5.41) is 4.68. The van der Waals surface area contributed by atoms with Crippen LogP contribution in [-0.2, 0) is 5.75 Å². The van der Waals surface area contributed by atoms with E-state index in [1.807, 2.05) is 24.3 Å². The van der Waals surface area contributed by atoms with Crippen LogP contribution in [0.4, 0.5) is 5.82 Å². The summed E-state index contributed by atoms with van der Waals surface area (Å²) in [5.41, 5.74) is 6.40. The zero-order chi connectivity index (χ0) is 14.7. The smallest absolute Gasteiger partial charge is 0.258 e. The molecule has 106 valence electrons. The first-order valence-electron chi connectivity index (χ1n) is 6.13. The molecule has 2 heterocycles. The van der Waals surface area contributed by atoms with Crippen molar-refractivity contribution in [2.45, 2.75) is 10.6 Å². The van der Waals surface area contributed by atoms with Crippen molar-refractivity contribution in [1.82, 2.24) is 15.1 Å². The van der Waals surface area contributed by atoms with Crippen LogP contribution in [0.3, 0.4) is 0 Å². The summed E-state index contributed by atoms with van der Waals surface area (Å²) in [5.74, 6) is 2.10. The number of aromatic nitrogens is 3. The molecule has 5 nitrogen and oxygen atoms in total. The Hall–Kier alpha value is -2.05. The number of hydrogen-bond acceptors (Lipinski definition) is 6. The topological polar surface area (TPSA) is 77.8 Å². The number of nitrogens with two attached hydrogens (primary N) is 1. The van der Waals surface area contributed by atoms with Crippen LogP contribution < -0.4 is 5.73 Å². The minimum Gasteiger partial charge on any atom is -0.384 e. The molecule has 2 N–H and O–H groups in total. The van der Waals surface area contributed by atoms with Gasteiger partial charge in [0.25, 0.3) is 5.89 Å². The summed E-state index contributed by atoms with van der Waals surface area (Å²) in [7, 11) is 0. The fraction of sp³-hybridized carbons (Fsp3) is 0.0714. The maximum Gasteiger partial charge on any atom is 0.258 e. The SMILES string of the molecule is Nc1cc(-c2nc(CSc3ccc(Cl)cc3)no2)ccn1. The van der Waals surface area contributed by atoms with Crippen molar-refractivity contribution in [3.05, 3.63) is 53.4 Å². The highest BCUT2D eigenvalue weighted by Gasteiger charge is 2.09. The largest absolute Gasteiger partial charge is 0.384 e. The number of halogens is 1. The molecule has 0 aliphatic carbocycles. The van der Waals surface area contributed by atoms with Gasteiger partial charge in [0.15, 0.2) is 5.82 Å². The normalized spacial score (nSPS) is 10.7. The summed E-state index contributed by atoms with van der Waals surface area (Å²) >= 11 is 7.46. The summed E-state index contributed by atoms with van der Waals surface area (Å²) in [6.45, 7) is 0. The molecular weight excluding hydrogens is 308 g/mol. The van der Waals surface area contributed by atoms with E-state index in [0.717, 1.165) is 15.5 Å². The highest BCUT2D eigenvalue weighted by atomic mass is 35.5. The third-order valence-electron chi connectivity index (χ3n) is 2.68. The van der Waals surface area contributed by atoms with E-state index in [0.29, 0.717) is 23.3 Å². The minimum absolute atomic E-state index is 0.419. The minimum atomic E-state index is 0.419. The van der Waals surface area contributed by atoms with Gasteiger partial charge in [0.05, 0.1) is 5.75 Å². The molecule has 3 aromatic rings. The van der Waals surface area contributed by atoms with Crippen molar-refractivity contribution in [2.75, 3.05) is 5.73 Å². The molecular formula is C14H11ClN4OS. The third kappa shape index (κ3) is 3.53. The van der Waals surface area contributed by atoms with Crippen molar-refractivity contribution in [1.29, 1.82) is 0 Å². The van der Waals surface area contributed by atoms with Crippen LogP contribution in [0.1, 0.15) is 5.82 Å². The molecule has 0 spiro atoms. The van der Waals surface area contributed by atoms with E-state index >= 15 is 0 Å². The number of anilines is 1. The molecule has 1 aromatic carbocycles. The number of rotatable bonds is 4. The second-order valence-corrected chi connectivity index (χ2v) is 5.71. The molecule has 0 aliphatic rings. The number of nitrogen functional groups attached to an aromatic ring is 1. The van der Waals surface area contributed by atoms with Gasteiger partial charge in [-0.05, 0) is 36.4 Å². The van der Waals surface area contributed by atoms with Crippen LogP contribution in [0.5, 0.6) is 0 Å². The molecule has 0 saturated carbocycles. The molecule has 3 rings (SSSR count). The van der Waals surface area contributed by atoms with E-state index < -0.39 is 0 Å². The first kappa shape index (κ1) is 13.9. The maximum absolute atomic E-state index is 5.85. The van der Waals surface area contributed by atoms with Crippen LogP contribution in [0, 0.1) is 0 Å². The van der Waals surface area contributed by atoms with Crippen molar-refractivity contribution < 1.29 is 4.52 Å². The monoisotopic (exact) mass is 318 g/mol. The first-order chi connectivity index (χ1) is 10.2. The number of hydrogen-bond donors (Lipinski definition) is 1. The van der Waals surface area contributed by atoms with Gasteiger partial charge in [0, 0.05) is 21.7 Å². The molecule has 0 aliphatic heterocycles. The Labute approximate surface area is 130 Å². The molecule has 21 heavy (non-hydrogen) atoms. The van der Waals surface area contributed by atoms with Gasteiger partial charge < -0.3 is 10.3 Å². The van der Waals surface area contributed by atoms with Gasteiger partial charge in [-0.15, -0.1) is 11.8 Å². The highest BCUT2D eigenvalue weighted by molar-refractivity contribution is 7.98. The quantitative estimate of drug-likeness (QED) is 0.740. The molecule has 2 aromatic heterocycles. The predicted octanol–water partition coefficient (Wildman–Crippen LogP) is 3.66.